The SMILES string of the molecule is COC(=O)[C@H](C)[NH-].[Ac]. The predicted octanol–water partition coefficient (Wildman–Crippen LogP) is 0.600. The maximum Gasteiger partial charge on any atom is 0.287 e. The average Bonchev–Trinajstić information content (AvgIpc) is 1.65. The van der Waals surface area contributed by atoms with Crippen molar-refractivity contribution in [1.82, 2.24) is 0 Å². The van der Waals surface area contributed by atoms with Gasteiger partial charge < -0.3 is 10.5 Å². The summed E-state index contributed by atoms with van der Waals surface area (Å²) in [6.45, 7) is 1.46. The van der Waals surface area contributed by atoms with E-state index >= 15 is 0 Å². The van der Waals surface area contributed by atoms with Gasteiger partial charge in [0.15, 0.2) is 0 Å². The van der Waals surface area contributed by atoms with Crippen LogP contribution in [0.15, 0.2) is 0 Å². The molecule has 8 heavy (non-hydrogen) atoms. The van der Waals surface area contributed by atoms with Crippen molar-refractivity contribution in [3.05, 3.63) is 5.73 Å². The first kappa shape index (κ1) is 11.6. The number of carbonyl (C=O) groups is 1. The van der Waals surface area contributed by atoms with Gasteiger partial charge in [-0.25, -0.2) is 0 Å². The molecule has 0 unspecified atom stereocenters. The Morgan fingerprint density at radius 2 is 2.12 bits per heavy atom. The molecule has 0 heterocycles. The van der Waals surface area contributed by atoms with E-state index in [1.807, 2.05) is 0 Å². The molecule has 0 amide bonds. The van der Waals surface area contributed by atoms with E-state index in [1.54, 1.807) is 0 Å². The third-order valence-corrected chi connectivity index (χ3v) is 0.555. The summed E-state index contributed by atoms with van der Waals surface area (Å²) in [6, 6.07) is -0.745. The molecule has 4 heteroatoms. The van der Waals surface area contributed by atoms with Crippen LogP contribution in [0.1, 0.15) is 6.92 Å². The Morgan fingerprint density at radius 1 is 1.75 bits per heavy atom. The van der Waals surface area contributed by atoms with Gasteiger partial charge in [-0.15, -0.1) is 0 Å². The third kappa shape index (κ3) is 5.02. The molecule has 0 aliphatic rings. The summed E-state index contributed by atoms with van der Waals surface area (Å²) in [5, 5.41) is 0. The molecular formula is C4H8AcNO2-. The molecular weight excluding hydrogens is 321 g/mol. The number of rotatable bonds is 1. The van der Waals surface area contributed by atoms with Gasteiger partial charge in [0.1, 0.15) is 0 Å². The van der Waals surface area contributed by atoms with Crippen LogP contribution >= 0.6 is 0 Å². The zero-order chi connectivity index (χ0) is 5.86. The normalized spacial score (nSPS) is 11.4. The van der Waals surface area contributed by atoms with Gasteiger partial charge in [-0.1, -0.05) is 6.92 Å². The number of methoxy groups -OCH3 is 1. The van der Waals surface area contributed by atoms with Crippen molar-refractivity contribution in [2.45, 2.75) is 13.0 Å². The maximum atomic E-state index is 10.1. The standard InChI is InChI=1S/C4H8NO2.Ac/c1-3(5)4(6)7-2;/h3,5H,1-2H3;/q-1;/t3-;/m0./s1. The monoisotopic (exact) mass is 329 g/mol. The van der Waals surface area contributed by atoms with Gasteiger partial charge >= 0.3 is 0 Å². The summed E-state index contributed by atoms with van der Waals surface area (Å²) in [5.74, 6) is -0.486. The Kier molecular flexibility index (Phi) is 8.73. The van der Waals surface area contributed by atoms with E-state index in [9.17, 15) is 4.79 Å². The van der Waals surface area contributed by atoms with Crippen LogP contribution in [-0.2, 0) is 9.53 Å². The zero-order valence-electron chi connectivity index (χ0n) is 4.97. The summed E-state index contributed by atoms with van der Waals surface area (Å²) < 4.78 is 4.19. The van der Waals surface area contributed by atoms with Crippen LogP contribution in [0.3, 0.4) is 0 Å². The van der Waals surface area contributed by atoms with Gasteiger partial charge in [0.05, 0.1) is 7.11 Å². The second kappa shape index (κ2) is 6.00. The number of carbonyl (C=O) groups excluding carboxylic acids is 1. The molecule has 0 fully saturated rings. The van der Waals surface area contributed by atoms with Crippen LogP contribution in [0.5, 0.6) is 0 Å². The van der Waals surface area contributed by atoms with Gasteiger partial charge in [-0.3, -0.25) is 4.79 Å². The van der Waals surface area contributed by atoms with E-state index in [2.05, 4.69) is 4.74 Å². The molecule has 0 saturated heterocycles. The van der Waals surface area contributed by atoms with Gasteiger partial charge in [-0.2, -0.15) is 0 Å². The summed E-state index contributed by atoms with van der Waals surface area (Å²) in [6.07, 6.45) is 0. The average molecular weight is 329 g/mol. The molecule has 1 N–H and O–H groups in total. The van der Waals surface area contributed by atoms with E-state index < -0.39 is 12.0 Å². The van der Waals surface area contributed by atoms with Crippen molar-refractivity contribution < 1.29 is 53.6 Å². The van der Waals surface area contributed by atoms with Crippen LogP contribution in [-0.4, -0.2) is 19.1 Å². The van der Waals surface area contributed by atoms with Crippen molar-refractivity contribution in [2.24, 2.45) is 0 Å². The van der Waals surface area contributed by atoms with Gasteiger partial charge in [0.25, 0.3) is 5.97 Å². The molecule has 0 spiro atoms. The van der Waals surface area contributed by atoms with Gasteiger partial charge in [0.2, 0.25) is 0 Å². The Hall–Kier alpha value is 0.872. The second-order valence-corrected chi connectivity index (χ2v) is 1.24. The summed E-state index contributed by atoms with van der Waals surface area (Å²) in [4.78, 5) is 10.1. The van der Waals surface area contributed by atoms with E-state index in [4.69, 9.17) is 5.73 Å². The molecule has 1 atom stereocenters. The number of ether oxygens (including phenoxy) is 1. The van der Waals surface area contributed by atoms with Crippen LogP contribution in [0, 0.1) is 44.1 Å². The van der Waals surface area contributed by atoms with Crippen molar-refractivity contribution in [3.63, 3.8) is 0 Å². The van der Waals surface area contributed by atoms with Crippen LogP contribution in [0.2, 0.25) is 0 Å². The molecule has 0 aromatic rings. The molecule has 0 bridgehead atoms. The minimum Gasteiger partial charge on any atom is -0.666 e. The minimum absolute atomic E-state index is 0. The number of hydrogen-bond donors (Lipinski definition) is 0. The predicted molar refractivity (Wildman–Crippen MR) is 25.8 cm³/mol. The van der Waals surface area contributed by atoms with Gasteiger partial charge in [0, 0.05) is 44.1 Å². The van der Waals surface area contributed by atoms with Crippen molar-refractivity contribution in [1.29, 1.82) is 0 Å². The van der Waals surface area contributed by atoms with Crippen LogP contribution in [0.4, 0.5) is 0 Å². The largest absolute Gasteiger partial charge is 0.666 e. The minimum atomic E-state index is -0.745. The Morgan fingerprint density at radius 3 is 2.12 bits per heavy atom. The molecule has 0 aromatic heterocycles. The summed E-state index contributed by atoms with van der Waals surface area (Å²) in [5.41, 5.74) is 6.71. The van der Waals surface area contributed by atoms with Crippen molar-refractivity contribution in [2.75, 3.05) is 7.11 Å². The van der Waals surface area contributed by atoms with Gasteiger partial charge in [-0.05, 0) is 6.04 Å². The fourth-order valence-corrected chi connectivity index (χ4v) is 0.177. The van der Waals surface area contributed by atoms with Crippen molar-refractivity contribution >= 4 is 5.97 Å². The van der Waals surface area contributed by atoms with E-state index in [0.29, 0.717) is 0 Å². The zero-order valence-corrected chi connectivity index (χ0v) is 9.72. The molecule has 0 aliphatic carbocycles. The molecule has 45 valence electrons. The summed E-state index contributed by atoms with van der Waals surface area (Å²) >= 11 is 0. The first-order valence-electron chi connectivity index (χ1n) is 1.97. The molecule has 1 radical (unpaired) electrons. The van der Waals surface area contributed by atoms with E-state index in [0.717, 1.165) is 0 Å². The third-order valence-electron chi connectivity index (χ3n) is 0.555. The van der Waals surface area contributed by atoms with Crippen LogP contribution in [0.25, 0.3) is 5.73 Å². The summed E-state index contributed by atoms with van der Waals surface area (Å²) in [7, 11) is 1.27. The molecule has 3 nitrogen and oxygen atoms in total. The fourth-order valence-electron chi connectivity index (χ4n) is 0.177. The first-order valence-corrected chi connectivity index (χ1v) is 1.97. The molecule has 0 saturated carbocycles. The smallest absolute Gasteiger partial charge is 0.287 e. The Balaban J connectivity index is 0. The maximum absolute atomic E-state index is 10.1. The van der Waals surface area contributed by atoms with Crippen molar-refractivity contribution in [3.8, 4) is 0 Å². The van der Waals surface area contributed by atoms with E-state index in [1.165, 1.54) is 14.0 Å². The quantitative estimate of drug-likeness (QED) is 0.662. The molecule has 0 rings (SSSR count). The second-order valence-electron chi connectivity index (χ2n) is 1.24. The molecule has 0 aliphatic heterocycles. The fraction of sp³-hybridized carbons (Fsp3) is 0.750. The number of esters is 1. The first-order chi connectivity index (χ1) is 3.18. The van der Waals surface area contributed by atoms with E-state index in [-0.39, 0.29) is 44.1 Å². The topological polar surface area (TPSA) is 50.1 Å². The molecule has 0 aromatic carbocycles. The number of hydrogen-bond acceptors (Lipinski definition) is 2. The Labute approximate surface area is 84.5 Å². The van der Waals surface area contributed by atoms with Crippen LogP contribution < -0.4 is 0 Å². The number of nitrogens with one attached hydrogen (secondary N) is 1. The Bertz CT molecular complexity index is 74.4.